The molecule has 3 aromatic rings. The molecule has 1 aromatic heterocycles. The molecule has 38 heavy (non-hydrogen) atoms. The standard InChI is InChI=1S/C26H34N6O5S/c33-26(27-12-15-32-13-2-1-3-14-32)31-25-29-23-11-8-20(17-24(23)30-25)37-38(34,35)22-9-6-19(7-10-22)28-18-21-5-4-16-36-21/h6-11,17,21,28H,1-5,12-16,18H2,(H3,27,29,30,31,33). The van der Waals surface area contributed by atoms with Gasteiger partial charge in [-0.1, -0.05) is 6.42 Å². The number of ether oxygens (including phenoxy) is 1. The molecule has 1 unspecified atom stereocenters. The number of hydrogen-bond acceptors (Lipinski definition) is 8. The van der Waals surface area contributed by atoms with Crippen LogP contribution in [-0.4, -0.2) is 74.8 Å². The number of nitrogens with one attached hydrogen (secondary N) is 4. The average Bonchev–Trinajstić information content (AvgIpc) is 3.57. The lowest BCUT2D eigenvalue weighted by Gasteiger charge is -2.26. The first kappa shape index (κ1) is 26.3. The molecule has 2 fully saturated rings. The summed E-state index contributed by atoms with van der Waals surface area (Å²) in [5, 5.41) is 8.80. The number of carbonyl (C=O) groups is 1. The second kappa shape index (κ2) is 12.0. The normalized spacial score (nSPS) is 18.4. The molecule has 204 valence electrons. The van der Waals surface area contributed by atoms with Crippen LogP contribution in [0, 0.1) is 0 Å². The van der Waals surface area contributed by atoms with Crippen molar-refractivity contribution in [2.75, 3.05) is 50.0 Å². The molecule has 11 nitrogen and oxygen atoms in total. The zero-order valence-electron chi connectivity index (χ0n) is 21.2. The van der Waals surface area contributed by atoms with Crippen LogP contribution in [0.15, 0.2) is 47.4 Å². The zero-order valence-corrected chi connectivity index (χ0v) is 22.1. The molecule has 2 aliphatic rings. The van der Waals surface area contributed by atoms with Crippen molar-refractivity contribution in [3.8, 4) is 5.75 Å². The highest BCUT2D eigenvalue weighted by Crippen LogP contribution is 2.25. The summed E-state index contributed by atoms with van der Waals surface area (Å²) < 4.78 is 36.6. The van der Waals surface area contributed by atoms with Gasteiger partial charge < -0.3 is 29.4 Å². The lowest BCUT2D eigenvalue weighted by atomic mass is 10.1. The van der Waals surface area contributed by atoms with Gasteiger partial charge in [-0.25, -0.2) is 9.78 Å². The van der Waals surface area contributed by atoms with Crippen molar-refractivity contribution < 1.29 is 22.1 Å². The van der Waals surface area contributed by atoms with Gasteiger partial charge in [0.2, 0.25) is 5.95 Å². The highest BCUT2D eigenvalue weighted by molar-refractivity contribution is 7.87. The molecule has 2 saturated heterocycles. The fourth-order valence-corrected chi connectivity index (χ4v) is 5.63. The number of amides is 2. The van der Waals surface area contributed by atoms with Crippen molar-refractivity contribution in [3.05, 3.63) is 42.5 Å². The third-order valence-corrected chi connectivity index (χ3v) is 8.02. The Bertz CT molecular complexity index is 1330. The SMILES string of the molecule is O=C(NCCN1CCCCC1)Nc1nc2cc(OS(=O)(=O)c3ccc(NCC4CCCO4)cc3)ccc2[nH]1. The summed E-state index contributed by atoms with van der Waals surface area (Å²) in [7, 11) is -4.04. The fraction of sp³-hybridized carbons (Fsp3) is 0.462. The van der Waals surface area contributed by atoms with E-state index in [4.69, 9.17) is 8.92 Å². The maximum atomic E-state index is 12.8. The number of H-pyrrole nitrogens is 1. The van der Waals surface area contributed by atoms with Crippen molar-refractivity contribution in [2.24, 2.45) is 0 Å². The third kappa shape index (κ3) is 6.94. The molecule has 1 atom stereocenters. The largest absolute Gasteiger partial charge is 0.382 e. The molecule has 2 amide bonds. The quantitative estimate of drug-likeness (QED) is 0.286. The van der Waals surface area contributed by atoms with E-state index in [0.29, 0.717) is 24.1 Å². The summed E-state index contributed by atoms with van der Waals surface area (Å²) in [6.45, 7) is 4.99. The van der Waals surface area contributed by atoms with Crippen LogP contribution in [0.2, 0.25) is 0 Å². The van der Waals surface area contributed by atoms with E-state index in [9.17, 15) is 13.2 Å². The number of fused-ring (bicyclic) bond motifs is 1. The van der Waals surface area contributed by atoms with Gasteiger partial charge in [-0.15, -0.1) is 0 Å². The Kier molecular flexibility index (Phi) is 8.30. The third-order valence-electron chi connectivity index (χ3n) is 6.76. The summed E-state index contributed by atoms with van der Waals surface area (Å²) in [5.41, 5.74) is 1.92. The molecule has 5 rings (SSSR count). The number of carbonyl (C=O) groups excluding carboxylic acids is 1. The Labute approximate surface area is 222 Å². The molecule has 3 heterocycles. The number of likely N-dealkylation sites (tertiary alicyclic amines) is 1. The van der Waals surface area contributed by atoms with Crippen LogP contribution >= 0.6 is 0 Å². The topological polar surface area (TPSA) is 138 Å². The van der Waals surface area contributed by atoms with Gasteiger partial charge >= 0.3 is 16.1 Å². The molecule has 0 saturated carbocycles. The molecule has 2 aromatic carbocycles. The van der Waals surface area contributed by atoms with Gasteiger partial charge in [0, 0.05) is 38.0 Å². The number of nitrogens with zero attached hydrogens (tertiary/aromatic N) is 2. The maximum absolute atomic E-state index is 12.8. The summed E-state index contributed by atoms with van der Waals surface area (Å²) in [4.78, 5) is 22.0. The first-order valence-corrected chi connectivity index (χ1v) is 14.5. The number of hydrogen-bond donors (Lipinski definition) is 4. The van der Waals surface area contributed by atoms with Crippen LogP contribution in [0.1, 0.15) is 32.1 Å². The number of benzene rings is 2. The highest BCUT2D eigenvalue weighted by Gasteiger charge is 2.19. The molecule has 0 spiro atoms. The average molecular weight is 543 g/mol. The minimum absolute atomic E-state index is 0.0471. The number of piperidine rings is 1. The molecular weight excluding hydrogens is 508 g/mol. The second-order valence-electron chi connectivity index (χ2n) is 9.63. The summed E-state index contributed by atoms with van der Waals surface area (Å²) in [5.74, 6) is 0.392. The van der Waals surface area contributed by atoms with Crippen molar-refractivity contribution in [3.63, 3.8) is 0 Å². The van der Waals surface area contributed by atoms with E-state index in [2.05, 4.69) is 30.8 Å². The Morgan fingerprint density at radius 1 is 1.11 bits per heavy atom. The number of anilines is 2. The number of aromatic nitrogens is 2. The fourth-order valence-electron chi connectivity index (χ4n) is 4.71. The van der Waals surface area contributed by atoms with E-state index in [1.807, 2.05) is 0 Å². The first-order chi connectivity index (χ1) is 18.4. The van der Waals surface area contributed by atoms with Crippen LogP contribution in [0.25, 0.3) is 11.0 Å². The second-order valence-corrected chi connectivity index (χ2v) is 11.2. The summed E-state index contributed by atoms with van der Waals surface area (Å²) in [6, 6.07) is 10.8. The Hall–Kier alpha value is -3.35. The Balaban J connectivity index is 1.14. The van der Waals surface area contributed by atoms with E-state index in [0.717, 1.165) is 44.8 Å². The van der Waals surface area contributed by atoms with Gasteiger partial charge in [-0.3, -0.25) is 5.32 Å². The van der Waals surface area contributed by atoms with Gasteiger partial charge in [0.1, 0.15) is 10.6 Å². The molecule has 12 heteroatoms. The van der Waals surface area contributed by atoms with Gasteiger partial charge in [0.15, 0.2) is 0 Å². The smallest absolute Gasteiger partial charge is 0.339 e. The van der Waals surface area contributed by atoms with Gasteiger partial charge in [0.25, 0.3) is 0 Å². The van der Waals surface area contributed by atoms with E-state index in [-0.39, 0.29) is 28.7 Å². The monoisotopic (exact) mass is 542 g/mol. The van der Waals surface area contributed by atoms with Crippen molar-refractivity contribution in [2.45, 2.75) is 43.1 Å². The number of aromatic amines is 1. The minimum Gasteiger partial charge on any atom is -0.382 e. The summed E-state index contributed by atoms with van der Waals surface area (Å²) >= 11 is 0. The Morgan fingerprint density at radius 3 is 2.68 bits per heavy atom. The number of urea groups is 1. The van der Waals surface area contributed by atoms with Gasteiger partial charge in [-0.05, 0) is 75.2 Å². The van der Waals surface area contributed by atoms with Crippen LogP contribution in [-0.2, 0) is 14.9 Å². The molecule has 0 radical (unpaired) electrons. The predicted molar refractivity (Wildman–Crippen MR) is 145 cm³/mol. The molecular formula is C26H34N6O5S. The van der Waals surface area contributed by atoms with Crippen LogP contribution in [0.5, 0.6) is 5.75 Å². The van der Waals surface area contributed by atoms with Crippen molar-refractivity contribution in [1.29, 1.82) is 0 Å². The Morgan fingerprint density at radius 2 is 1.92 bits per heavy atom. The molecule has 0 bridgehead atoms. The van der Waals surface area contributed by atoms with Gasteiger partial charge in [-0.2, -0.15) is 8.42 Å². The lowest BCUT2D eigenvalue weighted by Crippen LogP contribution is -2.39. The van der Waals surface area contributed by atoms with Crippen molar-refractivity contribution in [1.82, 2.24) is 20.2 Å². The van der Waals surface area contributed by atoms with E-state index < -0.39 is 10.1 Å². The minimum atomic E-state index is -4.04. The highest BCUT2D eigenvalue weighted by atomic mass is 32.2. The van der Waals surface area contributed by atoms with Crippen LogP contribution in [0.3, 0.4) is 0 Å². The van der Waals surface area contributed by atoms with E-state index in [1.54, 1.807) is 18.2 Å². The number of rotatable bonds is 10. The molecule has 4 N–H and O–H groups in total. The lowest BCUT2D eigenvalue weighted by molar-refractivity contribution is 0.120. The maximum Gasteiger partial charge on any atom is 0.339 e. The molecule has 2 aliphatic heterocycles. The van der Waals surface area contributed by atoms with Crippen molar-refractivity contribution >= 4 is 38.8 Å². The number of imidazole rings is 1. The summed E-state index contributed by atoms with van der Waals surface area (Å²) in [6.07, 6.45) is 5.97. The van der Waals surface area contributed by atoms with E-state index >= 15 is 0 Å². The first-order valence-electron chi connectivity index (χ1n) is 13.1. The van der Waals surface area contributed by atoms with E-state index in [1.165, 1.54) is 43.5 Å². The molecule has 0 aliphatic carbocycles. The predicted octanol–water partition coefficient (Wildman–Crippen LogP) is 3.53. The van der Waals surface area contributed by atoms with Gasteiger partial charge in [0.05, 0.1) is 17.1 Å². The zero-order chi connectivity index (χ0) is 26.4. The van der Waals surface area contributed by atoms with Crippen LogP contribution < -0.4 is 20.1 Å². The van der Waals surface area contributed by atoms with Crippen LogP contribution in [0.4, 0.5) is 16.4 Å².